The highest BCUT2D eigenvalue weighted by Crippen LogP contribution is 2.35. The number of hydrogen-bond acceptors (Lipinski definition) is 6. The summed E-state index contributed by atoms with van der Waals surface area (Å²) in [4.78, 5) is 5.22. The molecule has 3 aromatic rings. The Bertz CT molecular complexity index is 1010. The number of phenols is 1. The molecule has 1 unspecified atom stereocenters. The van der Waals surface area contributed by atoms with Crippen LogP contribution in [0.25, 0.3) is 5.69 Å². The van der Waals surface area contributed by atoms with Crippen LogP contribution in [0.15, 0.2) is 58.7 Å². The molecule has 6 nitrogen and oxygen atoms in total. The second kappa shape index (κ2) is 7.69. The van der Waals surface area contributed by atoms with Crippen LogP contribution in [0.2, 0.25) is 0 Å². The maximum atomic E-state index is 10.4. The van der Waals surface area contributed by atoms with Crippen LogP contribution >= 0.6 is 11.8 Å². The van der Waals surface area contributed by atoms with Gasteiger partial charge in [-0.3, -0.25) is 4.98 Å². The van der Waals surface area contributed by atoms with E-state index in [4.69, 9.17) is 0 Å². The molecular formula is C21H22N4O2S. The minimum atomic E-state index is -0.668. The average molecular weight is 395 g/mol. The third-order valence-corrected chi connectivity index (χ3v) is 5.70. The zero-order chi connectivity index (χ0) is 19.7. The summed E-state index contributed by atoms with van der Waals surface area (Å²) in [6.07, 6.45) is 5.72. The van der Waals surface area contributed by atoms with Crippen molar-refractivity contribution in [3.63, 3.8) is 0 Å². The van der Waals surface area contributed by atoms with Crippen molar-refractivity contribution in [2.45, 2.75) is 31.3 Å². The summed E-state index contributed by atoms with van der Waals surface area (Å²) in [7, 11) is 0. The van der Waals surface area contributed by atoms with Crippen molar-refractivity contribution < 1.29 is 10.2 Å². The van der Waals surface area contributed by atoms with Gasteiger partial charge in [0.2, 0.25) is 0 Å². The molecule has 3 heterocycles. The number of aliphatic hydroxyl groups excluding tert-OH is 1. The molecule has 0 fully saturated rings. The van der Waals surface area contributed by atoms with Gasteiger partial charge in [0.05, 0.1) is 21.3 Å². The third-order valence-electron chi connectivity index (χ3n) is 4.61. The molecule has 1 aliphatic rings. The summed E-state index contributed by atoms with van der Waals surface area (Å²) in [5.74, 6) is 0.229. The maximum Gasteiger partial charge on any atom is 0.141 e. The van der Waals surface area contributed by atoms with Crippen molar-refractivity contribution in [1.29, 1.82) is 0 Å². The SMILES string of the molecule is Cc1cc(C)c(-n2cc3c(n2)CC=C(NCC(O)c2ccccn2)S3)c(O)c1. The first-order valence-electron chi connectivity index (χ1n) is 9.11. The summed E-state index contributed by atoms with van der Waals surface area (Å²) in [5, 5.41) is 29.6. The van der Waals surface area contributed by atoms with Gasteiger partial charge < -0.3 is 15.5 Å². The Morgan fingerprint density at radius 2 is 2.14 bits per heavy atom. The number of benzene rings is 1. The summed E-state index contributed by atoms with van der Waals surface area (Å²) in [5.41, 5.74) is 4.33. The summed E-state index contributed by atoms with van der Waals surface area (Å²) in [6, 6.07) is 9.29. The van der Waals surface area contributed by atoms with Gasteiger partial charge in [-0.2, -0.15) is 5.10 Å². The fourth-order valence-electron chi connectivity index (χ4n) is 3.30. The number of nitrogens with one attached hydrogen (secondary N) is 1. The fourth-order valence-corrected chi connectivity index (χ4v) is 4.26. The van der Waals surface area contributed by atoms with E-state index in [0.717, 1.165) is 26.7 Å². The lowest BCUT2D eigenvalue weighted by Crippen LogP contribution is -2.21. The first-order chi connectivity index (χ1) is 13.5. The quantitative estimate of drug-likeness (QED) is 0.615. The Balaban J connectivity index is 1.47. The maximum absolute atomic E-state index is 10.4. The van der Waals surface area contributed by atoms with Crippen LogP contribution in [0.3, 0.4) is 0 Å². The Labute approximate surface area is 167 Å². The molecule has 0 bridgehead atoms. The molecule has 0 amide bonds. The second-order valence-electron chi connectivity index (χ2n) is 6.86. The lowest BCUT2D eigenvalue weighted by molar-refractivity contribution is 0.174. The van der Waals surface area contributed by atoms with E-state index in [9.17, 15) is 10.2 Å². The minimum Gasteiger partial charge on any atom is -0.506 e. The molecule has 0 radical (unpaired) electrons. The van der Waals surface area contributed by atoms with Gasteiger partial charge in [-0.1, -0.05) is 23.9 Å². The van der Waals surface area contributed by atoms with Crippen molar-refractivity contribution in [3.05, 3.63) is 76.3 Å². The fraction of sp³-hybridized carbons (Fsp3) is 0.238. The third kappa shape index (κ3) is 3.76. The van der Waals surface area contributed by atoms with E-state index >= 15 is 0 Å². The van der Waals surface area contributed by atoms with Gasteiger partial charge in [-0.25, -0.2) is 4.68 Å². The molecule has 3 N–H and O–H groups in total. The van der Waals surface area contributed by atoms with E-state index in [1.54, 1.807) is 28.7 Å². The predicted molar refractivity (Wildman–Crippen MR) is 110 cm³/mol. The monoisotopic (exact) mass is 394 g/mol. The van der Waals surface area contributed by atoms with Gasteiger partial charge in [0.15, 0.2) is 0 Å². The number of aromatic hydroxyl groups is 1. The number of hydrogen-bond donors (Lipinski definition) is 3. The number of allylic oxidation sites excluding steroid dienone is 1. The molecule has 1 aromatic carbocycles. The molecule has 1 aliphatic heterocycles. The highest BCUT2D eigenvalue weighted by Gasteiger charge is 2.19. The number of thioether (sulfide) groups is 1. The molecule has 0 aliphatic carbocycles. The highest BCUT2D eigenvalue weighted by atomic mass is 32.2. The summed E-state index contributed by atoms with van der Waals surface area (Å²) >= 11 is 1.58. The van der Waals surface area contributed by atoms with Crippen molar-refractivity contribution in [3.8, 4) is 11.4 Å². The molecule has 28 heavy (non-hydrogen) atoms. The first-order valence-corrected chi connectivity index (χ1v) is 9.93. The number of aromatic nitrogens is 3. The first kappa shape index (κ1) is 18.6. The van der Waals surface area contributed by atoms with Crippen LogP contribution < -0.4 is 5.32 Å². The van der Waals surface area contributed by atoms with E-state index in [1.807, 2.05) is 44.3 Å². The van der Waals surface area contributed by atoms with E-state index in [1.165, 1.54) is 0 Å². The van der Waals surface area contributed by atoms with Crippen molar-refractivity contribution in [1.82, 2.24) is 20.1 Å². The van der Waals surface area contributed by atoms with Crippen LogP contribution in [0, 0.1) is 13.8 Å². The number of phenolic OH excluding ortho intramolecular Hbond substituents is 1. The van der Waals surface area contributed by atoms with Gasteiger partial charge in [0.25, 0.3) is 0 Å². The molecule has 144 valence electrons. The molecular weight excluding hydrogens is 372 g/mol. The molecule has 0 spiro atoms. The van der Waals surface area contributed by atoms with Gasteiger partial charge in [-0.05, 0) is 49.2 Å². The number of pyridine rings is 1. The topological polar surface area (TPSA) is 83.2 Å². The zero-order valence-electron chi connectivity index (χ0n) is 15.8. The number of fused-ring (bicyclic) bond motifs is 1. The van der Waals surface area contributed by atoms with E-state index in [2.05, 4.69) is 21.5 Å². The Kier molecular flexibility index (Phi) is 5.11. The van der Waals surface area contributed by atoms with E-state index < -0.39 is 6.10 Å². The number of rotatable bonds is 5. The molecule has 0 saturated heterocycles. The smallest absolute Gasteiger partial charge is 0.141 e. The summed E-state index contributed by atoms with van der Waals surface area (Å²) in [6.45, 7) is 4.32. The van der Waals surface area contributed by atoms with Crippen LogP contribution in [-0.4, -0.2) is 31.5 Å². The molecule has 0 saturated carbocycles. The Morgan fingerprint density at radius 1 is 1.29 bits per heavy atom. The van der Waals surface area contributed by atoms with Crippen molar-refractivity contribution in [2.75, 3.05) is 6.54 Å². The van der Waals surface area contributed by atoms with E-state index in [0.29, 0.717) is 24.3 Å². The van der Waals surface area contributed by atoms with E-state index in [-0.39, 0.29) is 5.75 Å². The zero-order valence-corrected chi connectivity index (χ0v) is 16.6. The standard InChI is InChI=1S/C21H22N4O2S/c1-13-9-14(2)21(17(26)10-13)25-12-19-16(24-25)6-7-20(28-19)23-11-18(27)15-5-3-4-8-22-15/h3-5,7-10,12,18,23,26-27H,6,11H2,1-2H3. The van der Waals surface area contributed by atoms with Crippen LogP contribution in [-0.2, 0) is 6.42 Å². The molecule has 2 aromatic heterocycles. The van der Waals surface area contributed by atoms with Gasteiger partial charge in [-0.15, -0.1) is 0 Å². The largest absolute Gasteiger partial charge is 0.506 e. The lowest BCUT2D eigenvalue weighted by Gasteiger charge is -2.16. The molecule has 7 heteroatoms. The Hall–Kier alpha value is -2.77. The van der Waals surface area contributed by atoms with Gasteiger partial charge >= 0.3 is 0 Å². The highest BCUT2D eigenvalue weighted by molar-refractivity contribution is 8.03. The molecule has 4 rings (SSSR count). The van der Waals surface area contributed by atoms with Crippen molar-refractivity contribution >= 4 is 11.8 Å². The van der Waals surface area contributed by atoms with Gasteiger partial charge in [0.1, 0.15) is 17.5 Å². The summed E-state index contributed by atoms with van der Waals surface area (Å²) < 4.78 is 1.75. The van der Waals surface area contributed by atoms with Crippen LogP contribution in [0.1, 0.15) is 28.6 Å². The lowest BCUT2D eigenvalue weighted by atomic mass is 10.1. The van der Waals surface area contributed by atoms with Crippen LogP contribution in [0.4, 0.5) is 0 Å². The normalized spacial score (nSPS) is 14.3. The average Bonchev–Trinajstić information content (AvgIpc) is 3.08. The number of nitrogens with zero attached hydrogens (tertiary/aromatic N) is 3. The minimum absolute atomic E-state index is 0.229. The Morgan fingerprint density at radius 3 is 2.89 bits per heavy atom. The van der Waals surface area contributed by atoms with Crippen molar-refractivity contribution in [2.24, 2.45) is 0 Å². The van der Waals surface area contributed by atoms with Gasteiger partial charge in [0, 0.05) is 25.4 Å². The predicted octanol–water partition coefficient (Wildman–Crippen LogP) is 3.40. The second-order valence-corrected chi connectivity index (χ2v) is 7.94. The number of aliphatic hydroxyl groups is 1. The molecule has 1 atom stereocenters. The number of aryl methyl sites for hydroxylation is 2. The van der Waals surface area contributed by atoms with Crippen LogP contribution in [0.5, 0.6) is 5.75 Å².